The summed E-state index contributed by atoms with van der Waals surface area (Å²) in [6.45, 7) is 4.12. The van der Waals surface area contributed by atoms with Gasteiger partial charge in [-0.25, -0.2) is 9.97 Å². The highest BCUT2D eigenvalue weighted by molar-refractivity contribution is 5.87. The number of aromatic nitrogens is 3. The lowest BCUT2D eigenvalue weighted by Crippen LogP contribution is -2.00. The summed E-state index contributed by atoms with van der Waals surface area (Å²) in [5, 5.41) is 4.27. The Morgan fingerprint density at radius 2 is 1.72 bits per heavy atom. The zero-order chi connectivity index (χ0) is 17.2. The quantitative estimate of drug-likeness (QED) is 0.572. The molecule has 0 fully saturated rings. The molecular formula is C21H18N4. The topological polar surface area (TPSA) is 50.7 Å². The second kappa shape index (κ2) is 6.32. The third kappa shape index (κ3) is 3.19. The minimum atomic E-state index is 0.585. The first-order chi connectivity index (χ1) is 12.2. The van der Waals surface area contributed by atoms with Gasteiger partial charge in [-0.2, -0.15) is 0 Å². The molecule has 0 amide bonds. The SMILES string of the molecule is Cc1cccc(-c2ccc3nc(Nc4cccnc4)nc(C)c3c2)c1. The van der Waals surface area contributed by atoms with Crippen molar-refractivity contribution in [3.63, 3.8) is 0 Å². The van der Waals surface area contributed by atoms with Gasteiger partial charge in [0.25, 0.3) is 0 Å². The Labute approximate surface area is 146 Å². The van der Waals surface area contributed by atoms with Crippen LogP contribution in [0, 0.1) is 13.8 Å². The van der Waals surface area contributed by atoms with Crippen molar-refractivity contribution in [3.05, 3.63) is 78.2 Å². The molecule has 0 aliphatic heterocycles. The average molecular weight is 326 g/mol. The molecule has 2 heterocycles. The number of rotatable bonds is 3. The molecule has 0 aliphatic rings. The van der Waals surface area contributed by atoms with Gasteiger partial charge in [-0.05, 0) is 49.2 Å². The van der Waals surface area contributed by atoms with E-state index in [1.54, 1.807) is 12.4 Å². The van der Waals surface area contributed by atoms with Gasteiger partial charge in [0.2, 0.25) is 5.95 Å². The Morgan fingerprint density at radius 1 is 0.840 bits per heavy atom. The van der Waals surface area contributed by atoms with Crippen molar-refractivity contribution in [1.82, 2.24) is 15.0 Å². The number of nitrogens with one attached hydrogen (secondary N) is 1. The minimum Gasteiger partial charge on any atom is -0.323 e. The van der Waals surface area contributed by atoms with Crippen LogP contribution in [0.5, 0.6) is 0 Å². The number of anilines is 2. The summed E-state index contributed by atoms with van der Waals surface area (Å²) in [6.07, 6.45) is 3.49. The van der Waals surface area contributed by atoms with Crippen molar-refractivity contribution in [1.29, 1.82) is 0 Å². The van der Waals surface area contributed by atoms with Crippen LogP contribution in [0.25, 0.3) is 22.0 Å². The fraction of sp³-hybridized carbons (Fsp3) is 0.0952. The van der Waals surface area contributed by atoms with E-state index < -0.39 is 0 Å². The molecule has 0 unspecified atom stereocenters. The van der Waals surface area contributed by atoms with Crippen LogP contribution in [0.3, 0.4) is 0 Å². The molecule has 0 aliphatic carbocycles. The Balaban J connectivity index is 1.74. The monoisotopic (exact) mass is 326 g/mol. The van der Waals surface area contributed by atoms with Crippen LogP contribution in [0.1, 0.15) is 11.3 Å². The lowest BCUT2D eigenvalue weighted by Gasteiger charge is -2.09. The molecule has 0 bridgehead atoms. The smallest absolute Gasteiger partial charge is 0.228 e. The summed E-state index contributed by atoms with van der Waals surface area (Å²) in [4.78, 5) is 13.3. The number of nitrogens with zero attached hydrogens (tertiary/aromatic N) is 3. The van der Waals surface area contributed by atoms with Crippen LogP contribution < -0.4 is 5.32 Å². The summed E-state index contributed by atoms with van der Waals surface area (Å²) in [6, 6.07) is 18.6. The van der Waals surface area contributed by atoms with Crippen molar-refractivity contribution in [2.45, 2.75) is 13.8 Å². The Bertz CT molecular complexity index is 1040. The van der Waals surface area contributed by atoms with Gasteiger partial charge < -0.3 is 5.32 Å². The third-order valence-electron chi connectivity index (χ3n) is 4.16. The number of fused-ring (bicyclic) bond motifs is 1. The zero-order valence-corrected chi connectivity index (χ0v) is 14.2. The van der Waals surface area contributed by atoms with E-state index in [0.717, 1.165) is 22.3 Å². The van der Waals surface area contributed by atoms with E-state index >= 15 is 0 Å². The van der Waals surface area contributed by atoms with Gasteiger partial charge in [-0.1, -0.05) is 35.9 Å². The fourth-order valence-electron chi connectivity index (χ4n) is 2.91. The van der Waals surface area contributed by atoms with Crippen LogP contribution in [0.4, 0.5) is 11.6 Å². The van der Waals surface area contributed by atoms with Crippen molar-refractivity contribution < 1.29 is 0 Å². The van der Waals surface area contributed by atoms with Gasteiger partial charge in [0.05, 0.1) is 23.1 Å². The van der Waals surface area contributed by atoms with Gasteiger partial charge >= 0.3 is 0 Å². The van der Waals surface area contributed by atoms with Gasteiger partial charge in [0, 0.05) is 11.6 Å². The van der Waals surface area contributed by atoms with Crippen molar-refractivity contribution >= 4 is 22.5 Å². The molecule has 4 aromatic rings. The van der Waals surface area contributed by atoms with Crippen LogP contribution in [-0.2, 0) is 0 Å². The van der Waals surface area contributed by atoms with E-state index in [1.165, 1.54) is 16.7 Å². The maximum Gasteiger partial charge on any atom is 0.228 e. The maximum absolute atomic E-state index is 4.63. The predicted octanol–water partition coefficient (Wildman–Crippen LogP) is 5.05. The van der Waals surface area contributed by atoms with E-state index in [9.17, 15) is 0 Å². The van der Waals surface area contributed by atoms with Gasteiger partial charge in [-0.15, -0.1) is 0 Å². The summed E-state index contributed by atoms with van der Waals surface area (Å²) < 4.78 is 0. The normalized spacial score (nSPS) is 10.8. The zero-order valence-electron chi connectivity index (χ0n) is 14.2. The first-order valence-electron chi connectivity index (χ1n) is 8.21. The van der Waals surface area contributed by atoms with E-state index in [4.69, 9.17) is 0 Å². The number of aryl methyl sites for hydroxylation is 2. The minimum absolute atomic E-state index is 0.585. The fourth-order valence-corrected chi connectivity index (χ4v) is 2.91. The summed E-state index contributed by atoms with van der Waals surface area (Å²) >= 11 is 0. The first kappa shape index (κ1) is 15.3. The molecule has 4 heteroatoms. The maximum atomic E-state index is 4.63. The molecule has 0 atom stereocenters. The molecule has 122 valence electrons. The van der Waals surface area contributed by atoms with E-state index in [1.807, 2.05) is 19.1 Å². The van der Waals surface area contributed by atoms with E-state index in [0.29, 0.717) is 5.95 Å². The molecule has 0 saturated carbocycles. The second-order valence-corrected chi connectivity index (χ2v) is 6.10. The van der Waals surface area contributed by atoms with Crippen molar-refractivity contribution in [2.24, 2.45) is 0 Å². The molecule has 0 spiro atoms. The van der Waals surface area contributed by atoms with Gasteiger partial charge in [-0.3, -0.25) is 4.98 Å². The highest BCUT2D eigenvalue weighted by Crippen LogP contribution is 2.26. The Kier molecular flexibility index (Phi) is 3.86. The number of benzene rings is 2. The largest absolute Gasteiger partial charge is 0.323 e. The molecule has 4 rings (SSSR count). The summed E-state index contributed by atoms with van der Waals surface area (Å²) in [5.74, 6) is 0.585. The van der Waals surface area contributed by atoms with E-state index in [2.05, 4.69) is 69.7 Å². The van der Waals surface area contributed by atoms with Crippen LogP contribution in [0.2, 0.25) is 0 Å². The lowest BCUT2D eigenvalue weighted by atomic mass is 10.0. The van der Waals surface area contributed by atoms with Crippen LogP contribution in [0.15, 0.2) is 67.0 Å². The van der Waals surface area contributed by atoms with E-state index in [-0.39, 0.29) is 0 Å². The molecule has 2 aromatic carbocycles. The first-order valence-corrected chi connectivity index (χ1v) is 8.21. The van der Waals surface area contributed by atoms with Crippen LogP contribution >= 0.6 is 0 Å². The highest BCUT2D eigenvalue weighted by atomic mass is 15.1. The molecule has 0 radical (unpaired) electrons. The molecule has 25 heavy (non-hydrogen) atoms. The summed E-state index contributed by atoms with van der Waals surface area (Å²) in [7, 11) is 0. The number of hydrogen-bond acceptors (Lipinski definition) is 4. The van der Waals surface area contributed by atoms with Crippen LogP contribution in [-0.4, -0.2) is 15.0 Å². The predicted molar refractivity (Wildman–Crippen MR) is 102 cm³/mol. The van der Waals surface area contributed by atoms with Gasteiger partial charge in [0.15, 0.2) is 0 Å². The number of hydrogen-bond donors (Lipinski definition) is 1. The molecule has 1 N–H and O–H groups in total. The molecule has 2 aromatic heterocycles. The number of pyridine rings is 1. The van der Waals surface area contributed by atoms with Crippen molar-refractivity contribution in [2.75, 3.05) is 5.32 Å². The standard InChI is InChI=1S/C21H18N4/c1-14-5-3-6-16(11-14)17-8-9-20-19(12-17)15(2)23-21(25-20)24-18-7-4-10-22-13-18/h3-13H,1-2H3,(H,23,24,25). The second-order valence-electron chi connectivity index (χ2n) is 6.10. The van der Waals surface area contributed by atoms with Crippen molar-refractivity contribution in [3.8, 4) is 11.1 Å². The third-order valence-corrected chi connectivity index (χ3v) is 4.16. The Morgan fingerprint density at radius 3 is 2.52 bits per heavy atom. The molecule has 0 saturated heterocycles. The van der Waals surface area contributed by atoms with Gasteiger partial charge in [0.1, 0.15) is 0 Å². The molecule has 4 nitrogen and oxygen atoms in total. The highest BCUT2D eigenvalue weighted by Gasteiger charge is 2.07. The molecular weight excluding hydrogens is 308 g/mol. The Hall–Kier alpha value is -3.27. The lowest BCUT2D eigenvalue weighted by molar-refractivity contribution is 1.15. The average Bonchev–Trinajstić information content (AvgIpc) is 2.62. The summed E-state index contributed by atoms with van der Waals surface area (Å²) in [5.41, 5.74) is 6.38.